The van der Waals surface area contributed by atoms with E-state index < -0.39 is 0 Å². The maximum absolute atomic E-state index is 12.1. The van der Waals surface area contributed by atoms with E-state index in [1.165, 1.54) is 0 Å². The first-order valence-electron chi connectivity index (χ1n) is 8.36. The molecular weight excluding hydrogens is 338 g/mol. The minimum Gasteiger partial charge on any atom is -0.380 e. The van der Waals surface area contributed by atoms with Crippen molar-refractivity contribution in [2.75, 3.05) is 35.7 Å². The first-order chi connectivity index (χ1) is 12.2. The van der Waals surface area contributed by atoms with Crippen molar-refractivity contribution in [3.8, 4) is 0 Å². The smallest absolute Gasteiger partial charge is 0.323 e. The summed E-state index contributed by atoms with van der Waals surface area (Å²) in [6, 6.07) is 14.6. The van der Waals surface area contributed by atoms with Gasteiger partial charge in [0.05, 0.1) is 16.8 Å². The number of carbonyl (C=O) groups is 1. The summed E-state index contributed by atoms with van der Waals surface area (Å²) in [7, 11) is 1.76. The first kappa shape index (κ1) is 17.6. The predicted octanol–water partition coefficient (Wildman–Crippen LogP) is 4.60. The van der Waals surface area contributed by atoms with Gasteiger partial charge in [-0.1, -0.05) is 23.7 Å². The molecule has 132 valence electrons. The number of carbonyl (C=O) groups excluding carboxylic acids is 1. The zero-order valence-corrected chi connectivity index (χ0v) is 14.9. The van der Waals surface area contributed by atoms with E-state index in [9.17, 15) is 4.79 Å². The highest BCUT2D eigenvalue weighted by molar-refractivity contribution is 6.33. The highest BCUT2D eigenvalue weighted by Gasteiger charge is 2.19. The highest BCUT2D eigenvalue weighted by Crippen LogP contribution is 2.24. The summed E-state index contributed by atoms with van der Waals surface area (Å²) in [5.74, 6) is 0. The van der Waals surface area contributed by atoms with Crippen molar-refractivity contribution in [3.63, 3.8) is 0 Å². The average Bonchev–Trinajstić information content (AvgIpc) is 2.64. The first-order valence-corrected chi connectivity index (χ1v) is 8.74. The van der Waals surface area contributed by atoms with E-state index in [4.69, 9.17) is 16.3 Å². The number of methoxy groups -OCH3 is 1. The minimum absolute atomic E-state index is 0.285. The third kappa shape index (κ3) is 4.65. The molecule has 1 aliphatic heterocycles. The molecule has 1 heterocycles. The van der Waals surface area contributed by atoms with E-state index >= 15 is 0 Å². The summed E-state index contributed by atoms with van der Waals surface area (Å²) in [5.41, 5.74) is 2.45. The lowest BCUT2D eigenvalue weighted by atomic mass is 10.1. The Bertz CT molecular complexity index is 721. The van der Waals surface area contributed by atoms with Crippen molar-refractivity contribution in [3.05, 3.63) is 53.6 Å². The van der Waals surface area contributed by atoms with E-state index in [1.54, 1.807) is 19.2 Å². The molecule has 2 aromatic carbocycles. The molecule has 2 amide bonds. The van der Waals surface area contributed by atoms with E-state index in [0.717, 1.165) is 37.3 Å². The minimum atomic E-state index is -0.321. The van der Waals surface area contributed by atoms with Crippen LogP contribution in [0.1, 0.15) is 12.8 Å². The number of hydrogen-bond acceptors (Lipinski definition) is 3. The molecule has 2 aromatic rings. The molecule has 1 aliphatic rings. The van der Waals surface area contributed by atoms with Crippen molar-refractivity contribution in [2.24, 2.45) is 0 Å². The molecule has 0 bridgehead atoms. The second-order valence-electron chi connectivity index (χ2n) is 6.05. The van der Waals surface area contributed by atoms with Gasteiger partial charge in [0.1, 0.15) is 0 Å². The summed E-state index contributed by atoms with van der Waals surface area (Å²) in [5, 5.41) is 6.06. The van der Waals surface area contributed by atoms with Crippen molar-refractivity contribution < 1.29 is 9.53 Å². The maximum Gasteiger partial charge on any atom is 0.323 e. The van der Waals surface area contributed by atoms with Gasteiger partial charge in [-0.3, -0.25) is 0 Å². The third-order valence-corrected chi connectivity index (χ3v) is 4.65. The molecule has 0 aliphatic carbocycles. The van der Waals surface area contributed by atoms with Crippen LogP contribution in [0.5, 0.6) is 0 Å². The molecule has 1 fully saturated rings. The number of rotatable bonds is 4. The fourth-order valence-corrected chi connectivity index (χ4v) is 3.15. The Morgan fingerprint density at radius 1 is 1.16 bits per heavy atom. The Balaban J connectivity index is 1.59. The number of para-hydroxylation sites is 1. The molecule has 1 atom stereocenters. The molecule has 1 saturated heterocycles. The van der Waals surface area contributed by atoms with Crippen molar-refractivity contribution >= 4 is 34.7 Å². The molecule has 5 nitrogen and oxygen atoms in total. The van der Waals surface area contributed by atoms with Crippen molar-refractivity contribution in [1.82, 2.24) is 0 Å². The van der Waals surface area contributed by atoms with Crippen LogP contribution in [0.15, 0.2) is 48.5 Å². The van der Waals surface area contributed by atoms with Gasteiger partial charge in [0.25, 0.3) is 0 Å². The predicted molar refractivity (Wildman–Crippen MR) is 103 cm³/mol. The zero-order chi connectivity index (χ0) is 17.6. The van der Waals surface area contributed by atoms with Gasteiger partial charge in [-0.2, -0.15) is 0 Å². The van der Waals surface area contributed by atoms with E-state index in [0.29, 0.717) is 10.7 Å². The van der Waals surface area contributed by atoms with Crippen LogP contribution in [0.4, 0.5) is 21.9 Å². The summed E-state index contributed by atoms with van der Waals surface area (Å²) < 4.78 is 5.47. The zero-order valence-electron chi connectivity index (χ0n) is 14.2. The summed E-state index contributed by atoms with van der Waals surface area (Å²) >= 11 is 6.04. The SMILES string of the molecule is CO[C@H]1CCCN(c2ccc(NC(=O)Nc3ccccc3Cl)cc2)C1. The topological polar surface area (TPSA) is 53.6 Å². The fraction of sp³-hybridized carbons (Fsp3) is 0.316. The van der Waals surface area contributed by atoms with Crippen LogP contribution < -0.4 is 15.5 Å². The fourth-order valence-electron chi connectivity index (χ4n) is 2.97. The second kappa shape index (κ2) is 8.23. The molecule has 25 heavy (non-hydrogen) atoms. The lowest BCUT2D eigenvalue weighted by molar-refractivity contribution is 0.0893. The Labute approximate surface area is 152 Å². The number of nitrogens with zero attached hydrogens (tertiary/aromatic N) is 1. The largest absolute Gasteiger partial charge is 0.380 e. The van der Waals surface area contributed by atoms with Gasteiger partial charge in [-0.15, -0.1) is 0 Å². The standard InChI is InChI=1S/C19H22ClN3O2/c1-25-16-5-4-12-23(13-16)15-10-8-14(9-11-15)21-19(24)22-18-7-3-2-6-17(18)20/h2-3,6-11,16H,4-5,12-13H2,1H3,(H2,21,22,24)/t16-/m0/s1. The Morgan fingerprint density at radius 2 is 1.92 bits per heavy atom. The number of urea groups is 1. The van der Waals surface area contributed by atoms with Gasteiger partial charge in [0, 0.05) is 31.6 Å². The molecule has 2 N–H and O–H groups in total. The quantitative estimate of drug-likeness (QED) is 0.838. The lowest BCUT2D eigenvalue weighted by Crippen LogP contribution is -2.39. The molecule has 0 aromatic heterocycles. The molecular formula is C19H22ClN3O2. The van der Waals surface area contributed by atoms with Gasteiger partial charge in [-0.25, -0.2) is 4.79 Å². The van der Waals surface area contributed by atoms with Crippen LogP contribution in [0, 0.1) is 0 Å². The molecule has 0 saturated carbocycles. The molecule has 0 radical (unpaired) electrons. The van der Waals surface area contributed by atoms with Crippen molar-refractivity contribution in [2.45, 2.75) is 18.9 Å². The number of nitrogens with one attached hydrogen (secondary N) is 2. The normalized spacial score (nSPS) is 17.2. The number of halogens is 1. The maximum atomic E-state index is 12.1. The number of ether oxygens (including phenoxy) is 1. The van der Waals surface area contributed by atoms with Gasteiger partial charge < -0.3 is 20.3 Å². The van der Waals surface area contributed by atoms with Gasteiger partial charge in [-0.05, 0) is 49.2 Å². The molecule has 0 spiro atoms. The van der Waals surface area contributed by atoms with Crippen LogP contribution in [-0.4, -0.2) is 32.3 Å². The summed E-state index contributed by atoms with van der Waals surface area (Å²) in [4.78, 5) is 14.4. The third-order valence-electron chi connectivity index (χ3n) is 4.32. The highest BCUT2D eigenvalue weighted by atomic mass is 35.5. The van der Waals surface area contributed by atoms with Crippen LogP contribution in [0.25, 0.3) is 0 Å². The average molecular weight is 360 g/mol. The number of anilines is 3. The number of hydrogen-bond donors (Lipinski definition) is 2. The monoisotopic (exact) mass is 359 g/mol. The lowest BCUT2D eigenvalue weighted by Gasteiger charge is -2.33. The van der Waals surface area contributed by atoms with E-state index in [1.807, 2.05) is 36.4 Å². The van der Waals surface area contributed by atoms with Crippen LogP contribution in [0.2, 0.25) is 5.02 Å². The second-order valence-corrected chi connectivity index (χ2v) is 6.46. The van der Waals surface area contributed by atoms with E-state index in [2.05, 4.69) is 15.5 Å². The van der Waals surface area contributed by atoms with Crippen LogP contribution in [-0.2, 0) is 4.74 Å². The Hall–Kier alpha value is -2.24. The van der Waals surface area contributed by atoms with Crippen molar-refractivity contribution in [1.29, 1.82) is 0 Å². The Morgan fingerprint density at radius 3 is 2.64 bits per heavy atom. The summed E-state index contributed by atoms with van der Waals surface area (Å²) in [6.45, 7) is 1.93. The van der Waals surface area contributed by atoms with Gasteiger partial charge >= 0.3 is 6.03 Å². The molecule has 6 heteroatoms. The number of piperidine rings is 1. The van der Waals surface area contributed by atoms with Gasteiger partial charge in [0.2, 0.25) is 0 Å². The van der Waals surface area contributed by atoms with E-state index in [-0.39, 0.29) is 12.1 Å². The molecule has 3 rings (SSSR count). The Kier molecular flexibility index (Phi) is 5.79. The summed E-state index contributed by atoms with van der Waals surface area (Å²) in [6.07, 6.45) is 2.51. The van der Waals surface area contributed by atoms with Gasteiger partial charge in [0.15, 0.2) is 0 Å². The molecule has 0 unspecified atom stereocenters. The number of amides is 2. The van der Waals surface area contributed by atoms with Crippen LogP contribution >= 0.6 is 11.6 Å². The number of benzene rings is 2. The van der Waals surface area contributed by atoms with Crippen LogP contribution in [0.3, 0.4) is 0 Å².